The fourth-order valence-corrected chi connectivity index (χ4v) is 3.27. The van der Waals surface area contributed by atoms with E-state index in [0.717, 1.165) is 23.8 Å². The minimum absolute atomic E-state index is 0.500. The van der Waals surface area contributed by atoms with Gasteiger partial charge in [-0.25, -0.2) is 4.39 Å². The Balaban J connectivity index is 0.000000553. The summed E-state index contributed by atoms with van der Waals surface area (Å²) in [5.41, 5.74) is 3.03. The number of hydrogen-bond acceptors (Lipinski definition) is 1. The third kappa shape index (κ3) is 10.9. The maximum atomic E-state index is 13.7. The van der Waals surface area contributed by atoms with Crippen molar-refractivity contribution in [2.24, 2.45) is 11.8 Å². The molecule has 0 amide bonds. The van der Waals surface area contributed by atoms with Gasteiger partial charge in [-0.1, -0.05) is 83.7 Å². The Morgan fingerprint density at radius 2 is 1.50 bits per heavy atom. The van der Waals surface area contributed by atoms with Gasteiger partial charge in [-0.2, -0.15) is 0 Å². The van der Waals surface area contributed by atoms with Crippen molar-refractivity contribution in [3.05, 3.63) is 42.0 Å². The fourth-order valence-electron chi connectivity index (χ4n) is 3.27. The van der Waals surface area contributed by atoms with Crippen LogP contribution in [0.5, 0.6) is 0 Å². The van der Waals surface area contributed by atoms with E-state index in [2.05, 4.69) is 13.5 Å². The van der Waals surface area contributed by atoms with Crippen LogP contribution >= 0.6 is 0 Å². The molecule has 28 heavy (non-hydrogen) atoms. The highest BCUT2D eigenvalue weighted by Crippen LogP contribution is 2.37. The molecule has 1 atom stereocenters. The first-order chi connectivity index (χ1) is 13.5. The Morgan fingerprint density at radius 1 is 1.00 bits per heavy atom. The van der Waals surface area contributed by atoms with Crippen LogP contribution in [0.15, 0.2) is 30.8 Å². The van der Waals surface area contributed by atoms with E-state index in [4.69, 9.17) is 0 Å². The molecule has 0 aromatic heterocycles. The molecule has 0 bridgehead atoms. The van der Waals surface area contributed by atoms with Crippen LogP contribution in [0.4, 0.5) is 8.78 Å². The average Bonchev–Trinajstić information content (AvgIpc) is 3.55. The monoisotopic (exact) mass is 395 g/mol. The van der Waals surface area contributed by atoms with Crippen molar-refractivity contribution in [3.63, 3.8) is 0 Å². The first-order valence-electron chi connectivity index (χ1n) is 10.9. The second kappa shape index (κ2) is 15.7. The highest BCUT2D eigenvalue weighted by molar-refractivity contribution is 5.63. The van der Waals surface area contributed by atoms with Crippen LogP contribution in [0.25, 0.3) is 5.57 Å². The fraction of sp³-hybridized carbons (Fsp3) is 0.680. The molecule has 0 aliphatic heterocycles. The standard InChI is InChI=1S/C15H20FN.C7H14.C2H6.CH3F/c1-11(10-12-4-5-12)13-6-8-14(9-7-13)15(16)17(2)3;1-7-5-3-2-4-6-7;2*1-2/h6-9,12,15H,1,4-5,10H2,2-3H3;7H,2-6H2,1H3;1-2H3;1H3. The zero-order chi connectivity index (χ0) is 21.5. The molecule has 162 valence electrons. The van der Waals surface area contributed by atoms with Crippen molar-refractivity contribution in [2.75, 3.05) is 21.3 Å². The average molecular weight is 396 g/mol. The number of nitrogens with zero attached hydrogens (tertiary/aromatic N) is 1. The molecule has 1 nitrogen and oxygen atoms in total. The lowest BCUT2D eigenvalue weighted by atomic mass is 9.91. The van der Waals surface area contributed by atoms with Crippen molar-refractivity contribution in [3.8, 4) is 0 Å². The predicted molar refractivity (Wildman–Crippen MR) is 121 cm³/mol. The highest BCUT2D eigenvalue weighted by Gasteiger charge is 2.22. The topological polar surface area (TPSA) is 3.24 Å². The third-order valence-electron chi connectivity index (χ3n) is 5.17. The molecule has 0 spiro atoms. The number of alkyl halides is 2. The van der Waals surface area contributed by atoms with Crippen LogP contribution in [0.3, 0.4) is 0 Å². The second-order valence-electron chi connectivity index (χ2n) is 7.92. The van der Waals surface area contributed by atoms with Crippen molar-refractivity contribution < 1.29 is 8.78 Å². The Hall–Kier alpha value is -1.22. The van der Waals surface area contributed by atoms with Crippen LogP contribution in [0, 0.1) is 11.8 Å². The molecule has 1 aromatic carbocycles. The molecular formula is C25H43F2N. The minimum Gasteiger partial charge on any atom is -0.276 e. The summed E-state index contributed by atoms with van der Waals surface area (Å²) in [5.74, 6) is 1.88. The van der Waals surface area contributed by atoms with Gasteiger partial charge in [0.05, 0.1) is 7.18 Å². The number of allylic oxidation sites excluding steroid dienone is 1. The Kier molecular flexibility index (Phi) is 15.0. The van der Waals surface area contributed by atoms with Gasteiger partial charge in [0.15, 0.2) is 6.30 Å². The summed E-state index contributed by atoms with van der Waals surface area (Å²) in [4.78, 5) is 1.56. The van der Waals surface area contributed by atoms with Crippen LogP contribution < -0.4 is 0 Å². The first kappa shape index (κ1) is 26.8. The van der Waals surface area contributed by atoms with E-state index < -0.39 is 6.30 Å². The van der Waals surface area contributed by atoms with E-state index in [1.165, 1.54) is 50.5 Å². The van der Waals surface area contributed by atoms with Crippen molar-refractivity contribution in [2.45, 2.75) is 78.4 Å². The molecule has 1 unspecified atom stereocenters. The van der Waals surface area contributed by atoms with Crippen molar-refractivity contribution in [1.29, 1.82) is 0 Å². The smallest absolute Gasteiger partial charge is 0.178 e. The Labute approximate surface area is 173 Å². The first-order valence-corrected chi connectivity index (χ1v) is 10.9. The Morgan fingerprint density at radius 3 is 1.86 bits per heavy atom. The van der Waals surface area contributed by atoms with Gasteiger partial charge < -0.3 is 0 Å². The minimum atomic E-state index is -1.03. The molecule has 2 aliphatic rings. The summed E-state index contributed by atoms with van der Waals surface area (Å²) in [7, 11) is 3.98. The highest BCUT2D eigenvalue weighted by atomic mass is 19.1. The van der Waals surface area contributed by atoms with Gasteiger partial charge in [0, 0.05) is 5.56 Å². The van der Waals surface area contributed by atoms with Crippen molar-refractivity contribution >= 4 is 5.57 Å². The van der Waals surface area contributed by atoms with E-state index in [1.54, 1.807) is 19.0 Å². The lowest BCUT2D eigenvalue weighted by Gasteiger charge is -2.16. The van der Waals surface area contributed by atoms with Crippen molar-refractivity contribution in [1.82, 2.24) is 4.90 Å². The van der Waals surface area contributed by atoms with Gasteiger partial charge in [-0.15, -0.1) is 0 Å². The lowest BCUT2D eigenvalue weighted by molar-refractivity contribution is 0.140. The number of rotatable bonds is 5. The third-order valence-corrected chi connectivity index (χ3v) is 5.17. The summed E-state index contributed by atoms with van der Waals surface area (Å²) in [6.45, 7) is 10.5. The van der Waals surface area contributed by atoms with Crippen LogP contribution in [-0.4, -0.2) is 26.2 Å². The van der Waals surface area contributed by atoms with E-state index in [9.17, 15) is 8.78 Å². The summed E-state index contributed by atoms with van der Waals surface area (Å²) < 4.78 is 23.2. The second-order valence-corrected chi connectivity index (χ2v) is 7.92. The van der Waals surface area contributed by atoms with Crippen LogP contribution in [0.2, 0.25) is 0 Å². The normalized spacial score (nSPS) is 17.2. The SMILES string of the molecule is C=C(CC1CC1)c1ccc(C(F)N(C)C)cc1.CC.CC1CCCCC1.CF. The molecule has 3 rings (SSSR count). The predicted octanol–water partition coefficient (Wildman–Crippen LogP) is 8.23. The molecule has 0 heterocycles. The zero-order valence-corrected chi connectivity index (χ0v) is 19.1. The molecule has 0 N–H and O–H groups in total. The summed E-state index contributed by atoms with van der Waals surface area (Å²) in [5, 5.41) is 0. The van der Waals surface area contributed by atoms with Gasteiger partial charge >= 0.3 is 0 Å². The van der Waals surface area contributed by atoms with E-state index >= 15 is 0 Å². The van der Waals surface area contributed by atoms with Gasteiger partial charge in [0.2, 0.25) is 0 Å². The Bertz CT molecular complexity index is 500. The van der Waals surface area contributed by atoms with E-state index in [1.807, 2.05) is 38.1 Å². The zero-order valence-electron chi connectivity index (χ0n) is 19.1. The molecule has 2 aliphatic carbocycles. The summed E-state index contributed by atoms with van der Waals surface area (Å²) in [6.07, 6.45) is 10.2. The molecule has 0 radical (unpaired) electrons. The quantitative estimate of drug-likeness (QED) is 0.454. The molecular weight excluding hydrogens is 352 g/mol. The summed E-state index contributed by atoms with van der Waals surface area (Å²) in [6, 6.07) is 7.68. The van der Waals surface area contributed by atoms with Gasteiger partial charge in [0.25, 0.3) is 0 Å². The number of halogens is 2. The molecule has 1 aromatic rings. The van der Waals surface area contributed by atoms with Gasteiger partial charge in [0.1, 0.15) is 0 Å². The maximum absolute atomic E-state index is 13.7. The largest absolute Gasteiger partial charge is 0.276 e. The van der Waals surface area contributed by atoms with Gasteiger partial charge in [-0.05, 0) is 56.3 Å². The van der Waals surface area contributed by atoms with E-state index in [-0.39, 0.29) is 0 Å². The van der Waals surface area contributed by atoms with Crippen LogP contribution in [0.1, 0.15) is 89.6 Å². The van der Waals surface area contributed by atoms with E-state index in [0.29, 0.717) is 12.7 Å². The molecule has 2 saturated carbocycles. The molecule has 3 heteroatoms. The van der Waals surface area contributed by atoms with Crippen LogP contribution in [-0.2, 0) is 0 Å². The summed E-state index contributed by atoms with van der Waals surface area (Å²) >= 11 is 0. The molecule has 0 saturated heterocycles. The lowest BCUT2D eigenvalue weighted by Crippen LogP contribution is -2.15. The molecule has 2 fully saturated rings. The van der Waals surface area contributed by atoms with Gasteiger partial charge in [-0.3, -0.25) is 9.29 Å². The number of benzene rings is 1. The maximum Gasteiger partial charge on any atom is 0.178 e. The number of hydrogen-bond donors (Lipinski definition) is 0.